The van der Waals surface area contributed by atoms with E-state index in [0.29, 0.717) is 22.1 Å². The molecule has 0 amide bonds. The van der Waals surface area contributed by atoms with Crippen LogP contribution in [0.2, 0.25) is 5.02 Å². The highest BCUT2D eigenvalue weighted by Gasteiger charge is 2.11. The summed E-state index contributed by atoms with van der Waals surface area (Å²) in [6.07, 6.45) is 1.53. The monoisotopic (exact) mass is 399 g/mol. The number of H-pyrrole nitrogens is 1. The van der Waals surface area contributed by atoms with E-state index < -0.39 is 0 Å². The van der Waals surface area contributed by atoms with Crippen LogP contribution in [0, 0.1) is 6.92 Å². The highest BCUT2D eigenvalue weighted by Crippen LogP contribution is 2.31. The topological polar surface area (TPSA) is 101 Å². The fourth-order valence-corrected chi connectivity index (χ4v) is 2.51. The van der Waals surface area contributed by atoms with Crippen LogP contribution < -0.4 is 20.5 Å². The molecule has 8 nitrogen and oxygen atoms in total. The lowest BCUT2D eigenvalue weighted by molar-refractivity contribution is 0.284. The van der Waals surface area contributed by atoms with Crippen LogP contribution >= 0.6 is 11.6 Å². The number of hydrogen-bond acceptors (Lipinski definition) is 7. The molecule has 0 unspecified atom stereocenters. The molecule has 0 aliphatic heterocycles. The Balaban J connectivity index is 1.79. The molecule has 0 saturated carbocycles. The first-order valence-electron chi connectivity index (χ1n) is 8.34. The SMILES string of the molecule is COc1cccc(/C=N/Nc2nnc(C)c(=O)[nH]2)c1OCc1ccccc1Cl. The number of hydrogen-bond donors (Lipinski definition) is 2. The van der Waals surface area contributed by atoms with Crippen LogP contribution in [0.3, 0.4) is 0 Å². The summed E-state index contributed by atoms with van der Waals surface area (Å²) in [6.45, 7) is 1.84. The summed E-state index contributed by atoms with van der Waals surface area (Å²) in [7, 11) is 1.56. The number of nitrogens with one attached hydrogen (secondary N) is 2. The van der Waals surface area contributed by atoms with Crippen molar-refractivity contribution in [3.8, 4) is 11.5 Å². The number of aryl methyl sites for hydroxylation is 1. The molecule has 2 aromatic carbocycles. The van der Waals surface area contributed by atoms with E-state index in [9.17, 15) is 4.79 Å². The van der Waals surface area contributed by atoms with E-state index in [0.717, 1.165) is 5.56 Å². The van der Waals surface area contributed by atoms with Gasteiger partial charge < -0.3 is 9.47 Å². The van der Waals surface area contributed by atoms with E-state index in [1.54, 1.807) is 26.2 Å². The second-order valence-corrected chi connectivity index (χ2v) is 6.12. The summed E-state index contributed by atoms with van der Waals surface area (Å²) in [5.41, 5.74) is 4.09. The van der Waals surface area contributed by atoms with Gasteiger partial charge in [0.05, 0.1) is 13.3 Å². The summed E-state index contributed by atoms with van der Waals surface area (Å²) in [6, 6.07) is 12.9. The van der Waals surface area contributed by atoms with Gasteiger partial charge in [0.25, 0.3) is 5.56 Å². The van der Waals surface area contributed by atoms with Crippen molar-refractivity contribution >= 4 is 23.8 Å². The highest BCUT2D eigenvalue weighted by atomic mass is 35.5. The van der Waals surface area contributed by atoms with Gasteiger partial charge in [0.2, 0.25) is 5.95 Å². The molecule has 28 heavy (non-hydrogen) atoms. The summed E-state index contributed by atoms with van der Waals surface area (Å²) in [4.78, 5) is 14.1. The van der Waals surface area contributed by atoms with Crippen molar-refractivity contribution in [3.05, 3.63) is 74.7 Å². The molecular formula is C19H18ClN5O3. The lowest BCUT2D eigenvalue weighted by atomic mass is 10.2. The Hall–Kier alpha value is -3.39. The van der Waals surface area contributed by atoms with Gasteiger partial charge in [-0.15, -0.1) is 10.2 Å². The molecule has 3 aromatic rings. The quantitative estimate of drug-likeness (QED) is 0.467. The number of hydrazone groups is 1. The second kappa shape index (κ2) is 9.01. The number of methoxy groups -OCH3 is 1. The number of benzene rings is 2. The van der Waals surface area contributed by atoms with Crippen LogP contribution in [0.5, 0.6) is 11.5 Å². The molecule has 0 atom stereocenters. The molecule has 0 fully saturated rings. The van der Waals surface area contributed by atoms with Crippen LogP contribution in [0.15, 0.2) is 52.4 Å². The van der Waals surface area contributed by atoms with Crippen molar-refractivity contribution in [1.82, 2.24) is 15.2 Å². The highest BCUT2D eigenvalue weighted by molar-refractivity contribution is 6.31. The molecule has 144 valence electrons. The number of para-hydroxylation sites is 1. The molecule has 1 aromatic heterocycles. The Bertz CT molecular complexity index is 1050. The largest absolute Gasteiger partial charge is 0.493 e. The van der Waals surface area contributed by atoms with Gasteiger partial charge >= 0.3 is 0 Å². The standard InChI is InChI=1S/C19H18ClN5O3/c1-12-18(26)22-19(25-23-12)24-21-10-13-7-5-9-16(27-2)17(13)28-11-14-6-3-4-8-15(14)20/h3-10H,11H2,1-2H3,(H2,22,24,25,26)/b21-10+. The number of anilines is 1. The fraction of sp³-hybridized carbons (Fsp3) is 0.158. The zero-order chi connectivity index (χ0) is 19.9. The predicted molar refractivity (Wildman–Crippen MR) is 107 cm³/mol. The van der Waals surface area contributed by atoms with Crippen LogP contribution in [-0.4, -0.2) is 28.5 Å². The van der Waals surface area contributed by atoms with E-state index in [4.69, 9.17) is 21.1 Å². The number of nitrogens with zero attached hydrogens (tertiary/aromatic N) is 3. The van der Waals surface area contributed by atoms with E-state index in [-0.39, 0.29) is 23.8 Å². The normalized spacial score (nSPS) is 10.8. The Kier molecular flexibility index (Phi) is 6.23. The molecule has 0 radical (unpaired) electrons. The zero-order valence-corrected chi connectivity index (χ0v) is 16.0. The number of aromatic nitrogens is 3. The first kappa shape index (κ1) is 19.4. The van der Waals surface area contributed by atoms with E-state index >= 15 is 0 Å². The van der Waals surface area contributed by atoms with Gasteiger partial charge in [-0.05, 0) is 25.1 Å². The second-order valence-electron chi connectivity index (χ2n) is 5.72. The predicted octanol–water partition coefficient (Wildman–Crippen LogP) is 3.16. The Morgan fingerprint density at radius 1 is 1.21 bits per heavy atom. The van der Waals surface area contributed by atoms with E-state index in [1.165, 1.54) is 6.21 Å². The molecule has 0 spiro atoms. The van der Waals surface area contributed by atoms with Crippen LogP contribution in [0.4, 0.5) is 5.95 Å². The molecule has 1 heterocycles. The van der Waals surface area contributed by atoms with Gasteiger partial charge in [-0.3, -0.25) is 9.78 Å². The molecule has 0 bridgehead atoms. The third-order valence-corrected chi connectivity index (χ3v) is 4.16. The molecule has 9 heteroatoms. The molecule has 0 aliphatic carbocycles. The fourth-order valence-electron chi connectivity index (χ4n) is 2.32. The zero-order valence-electron chi connectivity index (χ0n) is 15.3. The number of rotatable bonds is 7. The third kappa shape index (κ3) is 4.66. The number of ether oxygens (including phenoxy) is 2. The Labute approximate surface area is 166 Å². The van der Waals surface area contributed by atoms with Gasteiger partial charge in [0.1, 0.15) is 12.3 Å². The first-order chi connectivity index (χ1) is 13.6. The van der Waals surface area contributed by atoms with Gasteiger partial charge in [-0.25, -0.2) is 5.43 Å². The lowest BCUT2D eigenvalue weighted by Crippen LogP contribution is -2.15. The van der Waals surface area contributed by atoms with Crippen LogP contribution in [0.1, 0.15) is 16.8 Å². The minimum atomic E-state index is -0.335. The average Bonchev–Trinajstić information content (AvgIpc) is 2.70. The van der Waals surface area contributed by atoms with Crippen LogP contribution in [0.25, 0.3) is 0 Å². The van der Waals surface area contributed by atoms with Gasteiger partial charge in [-0.2, -0.15) is 5.10 Å². The Morgan fingerprint density at radius 2 is 2.04 bits per heavy atom. The molecule has 0 saturated heterocycles. The minimum Gasteiger partial charge on any atom is -0.493 e. The molecule has 2 N–H and O–H groups in total. The molecular weight excluding hydrogens is 382 g/mol. The number of halogens is 1. The average molecular weight is 400 g/mol. The first-order valence-corrected chi connectivity index (χ1v) is 8.72. The molecule has 3 rings (SSSR count). The summed E-state index contributed by atoms with van der Waals surface area (Å²) in [5, 5.41) is 12.2. The van der Waals surface area contributed by atoms with Gasteiger partial charge in [0, 0.05) is 16.1 Å². The van der Waals surface area contributed by atoms with Crippen molar-refractivity contribution in [2.24, 2.45) is 5.10 Å². The van der Waals surface area contributed by atoms with Crippen LogP contribution in [-0.2, 0) is 6.61 Å². The summed E-state index contributed by atoms with van der Waals surface area (Å²) < 4.78 is 11.3. The van der Waals surface area contributed by atoms with Crippen molar-refractivity contribution in [2.75, 3.05) is 12.5 Å². The lowest BCUT2D eigenvalue weighted by Gasteiger charge is -2.13. The summed E-state index contributed by atoms with van der Waals surface area (Å²) >= 11 is 6.19. The Morgan fingerprint density at radius 3 is 2.79 bits per heavy atom. The molecule has 0 aliphatic rings. The third-order valence-electron chi connectivity index (χ3n) is 3.79. The maximum atomic E-state index is 11.6. The van der Waals surface area contributed by atoms with Crippen molar-refractivity contribution in [2.45, 2.75) is 13.5 Å². The van der Waals surface area contributed by atoms with Crippen molar-refractivity contribution in [1.29, 1.82) is 0 Å². The van der Waals surface area contributed by atoms with Crippen molar-refractivity contribution in [3.63, 3.8) is 0 Å². The van der Waals surface area contributed by atoms with Gasteiger partial charge in [-0.1, -0.05) is 35.9 Å². The summed E-state index contributed by atoms with van der Waals surface area (Å²) in [5.74, 6) is 1.20. The minimum absolute atomic E-state index is 0.133. The maximum Gasteiger partial charge on any atom is 0.274 e. The van der Waals surface area contributed by atoms with Gasteiger partial charge in [0.15, 0.2) is 11.5 Å². The maximum absolute atomic E-state index is 11.6. The van der Waals surface area contributed by atoms with E-state index in [2.05, 4.69) is 25.7 Å². The van der Waals surface area contributed by atoms with E-state index in [1.807, 2.05) is 30.3 Å². The smallest absolute Gasteiger partial charge is 0.274 e. The number of aromatic amines is 1. The van der Waals surface area contributed by atoms with Crippen molar-refractivity contribution < 1.29 is 9.47 Å².